The molecule has 0 atom stereocenters. The van der Waals surface area contributed by atoms with E-state index in [4.69, 9.17) is 17.3 Å². The molecule has 106 valence electrons. The molecule has 0 amide bonds. The topological polar surface area (TPSA) is 63.8 Å². The van der Waals surface area contributed by atoms with E-state index >= 15 is 0 Å². The number of anilines is 2. The number of nitrogens with one attached hydrogen (secondary N) is 1. The summed E-state index contributed by atoms with van der Waals surface area (Å²) in [5.41, 5.74) is 5.25. The first-order chi connectivity index (χ1) is 9.38. The van der Waals surface area contributed by atoms with Gasteiger partial charge in [0.05, 0.1) is 5.56 Å². The van der Waals surface area contributed by atoms with E-state index in [0.29, 0.717) is 5.56 Å². The van der Waals surface area contributed by atoms with Gasteiger partial charge in [-0.25, -0.2) is 9.97 Å². The smallest absolute Gasteiger partial charge is 0.382 e. The molecule has 0 aliphatic carbocycles. The van der Waals surface area contributed by atoms with E-state index in [1.54, 1.807) is 6.07 Å². The van der Waals surface area contributed by atoms with Crippen LogP contribution in [-0.2, 0) is 12.7 Å². The van der Waals surface area contributed by atoms with Gasteiger partial charge in [0, 0.05) is 6.54 Å². The first-order valence-electron chi connectivity index (χ1n) is 5.54. The van der Waals surface area contributed by atoms with Crippen molar-refractivity contribution in [3.8, 4) is 0 Å². The van der Waals surface area contributed by atoms with Crippen LogP contribution in [0.15, 0.2) is 30.6 Å². The van der Waals surface area contributed by atoms with Crippen molar-refractivity contribution in [2.24, 2.45) is 0 Å². The predicted octanol–water partition coefficient (Wildman–Crippen LogP) is 3.34. The standard InChI is InChI=1S/C12H10ClF3N4/c13-9-10(17)19-6-20-11(9)18-5-7-2-1-3-8(4-7)12(14,15)16/h1-4,6H,5H2,(H3,17,18,19,20). The van der Waals surface area contributed by atoms with Gasteiger partial charge in [0.1, 0.15) is 17.2 Å². The number of rotatable bonds is 3. The van der Waals surface area contributed by atoms with Crippen LogP contribution >= 0.6 is 11.6 Å². The van der Waals surface area contributed by atoms with E-state index in [2.05, 4.69) is 15.3 Å². The van der Waals surface area contributed by atoms with Gasteiger partial charge in [-0.1, -0.05) is 23.7 Å². The van der Waals surface area contributed by atoms with E-state index in [9.17, 15) is 13.2 Å². The first-order valence-corrected chi connectivity index (χ1v) is 5.91. The Balaban J connectivity index is 2.13. The molecule has 1 heterocycles. The van der Waals surface area contributed by atoms with Crippen molar-refractivity contribution >= 4 is 23.2 Å². The Morgan fingerprint density at radius 2 is 2.00 bits per heavy atom. The second-order valence-corrected chi connectivity index (χ2v) is 4.35. The average Bonchev–Trinajstić information content (AvgIpc) is 2.40. The van der Waals surface area contributed by atoms with Crippen LogP contribution in [0.2, 0.25) is 5.02 Å². The summed E-state index contributed by atoms with van der Waals surface area (Å²) >= 11 is 5.87. The Labute approximate surface area is 117 Å². The lowest BCUT2D eigenvalue weighted by Crippen LogP contribution is -2.08. The number of nitrogen functional groups attached to an aromatic ring is 1. The molecular formula is C12H10ClF3N4. The molecule has 0 saturated heterocycles. The highest BCUT2D eigenvalue weighted by Crippen LogP contribution is 2.30. The van der Waals surface area contributed by atoms with E-state index in [1.165, 1.54) is 12.4 Å². The Kier molecular flexibility index (Phi) is 3.99. The summed E-state index contributed by atoms with van der Waals surface area (Å²) in [6, 6.07) is 4.99. The van der Waals surface area contributed by atoms with Crippen molar-refractivity contribution in [3.05, 3.63) is 46.7 Å². The highest BCUT2D eigenvalue weighted by Gasteiger charge is 2.30. The van der Waals surface area contributed by atoms with Gasteiger partial charge >= 0.3 is 6.18 Å². The van der Waals surface area contributed by atoms with Crippen molar-refractivity contribution in [2.75, 3.05) is 11.1 Å². The van der Waals surface area contributed by atoms with Crippen molar-refractivity contribution in [3.63, 3.8) is 0 Å². The fraction of sp³-hybridized carbons (Fsp3) is 0.167. The predicted molar refractivity (Wildman–Crippen MR) is 70.2 cm³/mol. The molecule has 1 aromatic carbocycles. The van der Waals surface area contributed by atoms with Gasteiger partial charge in [0.2, 0.25) is 0 Å². The number of alkyl halides is 3. The fourth-order valence-electron chi connectivity index (χ4n) is 1.55. The maximum atomic E-state index is 12.6. The Hall–Kier alpha value is -2.02. The third-order valence-electron chi connectivity index (χ3n) is 2.53. The van der Waals surface area contributed by atoms with Crippen molar-refractivity contribution in [1.29, 1.82) is 0 Å². The summed E-state index contributed by atoms with van der Waals surface area (Å²) in [5, 5.41) is 2.96. The van der Waals surface area contributed by atoms with Gasteiger partial charge in [0.25, 0.3) is 0 Å². The molecule has 4 nitrogen and oxygen atoms in total. The minimum atomic E-state index is -4.37. The molecule has 0 radical (unpaired) electrons. The zero-order valence-corrected chi connectivity index (χ0v) is 10.8. The normalized spacial score (nSPS) is 11.4. The Bertz CT molecular complexity index is 616. The molecular weight excluding hydrogens is 293 g/mol. The lowest BCUT2D eigenvalue weighted by molar-refractivity contribution is -0.137. The molecule has 8 heteroatoms. The third kappa shape index (κ3) is 3.30. The lowest BCUT2D eigenvalue weighted by atomic mass is 10.1. The van der Waals surface area contributed by atoms with E-state index in [1.807, 2.05) is 0 Å². The van der Waals surface area contributed by atoms with Crippen molar-refractivity contribution in [2.45, 2.75) is 12.7 Å². The minimum Gasteiger partial charge on any atom is -0.382 e. The van der Waals surface area contributed by atoms with E-state index in [-0.39, 0.29) is 23.2 Å². The lowest BCUT2D eigenvalue weighted by Gasteiger charge is -2.10. The zero-order chi connectivity index (χ0) is 14.8. The second-order valence-electron chi connectivity index (χ2n) is 3.97. The van der Waals surface area contributed by atoms with Crippen LogP contribution in [0.4, 0.5) is 24.8 Å². The summed E-state index contributed by atoms with van der Waals surface area (Å²) in [4.78, 5) is 7.56. The van der Waals surface area contributed by atoms with Crippen LogP contribution in [-0.4, -0.2) is 9.97 Å². The number of nitrogens with zero attached hydrogens (tertiary/aromatic N) is 2. The van der Waals surface area contributed by atoms with Crippen molar-refractivity contribution < 1.29 is 13.2 Å². The largest absolute Gasteiger partial charge is 0.416 e. The average molecular weight is 303 g/mol. The summed E-state index contributed by atoms with van der Waals surface area (Å²) < 4.78 is 37.7. The van der Waals surface area contributed by atoms with Crippen LogP contribution < -0.4 is 11.1 Å². The molecule has 20 heavy (non-hydrogen) atoms. The van der Waals surface area contributed by atoms with Crippen LogP contribution in [0, 0.1) is 0 Å². The molecule has 0 saturated carbocycles. The molecule has 0 fully saturated rings. The van der Waals surface area contributed by atoms with Crippen LogP contribution in [0.25, 0.3) is 0 Å². The quantitative estimate of drug-likeness (QED) is 0.912. The maximum absolute atomic E-state index is 12.6. The molecule has 0 aliphatic rings. The van der Waals surface area contributed by atoms with Gasteiger partial charge in [-0.05, 0) is 17.7 Å². The van der Waals surface area contributed by atoms with Gasteiger partial charge in [-0.15, -0.1) is 0 Å². The number of nitrogens with two attached hydrogens (primary N) is 1. The summed E-state index contributed by atoms with van der Waals surface area (Å²) in [6.07, 6.45) is -3.15. The van der Waals surface area contributed by atoms with Gasteiger partial charge in [-0.2, -0.15) is 13.2 Å². The number of aromatic nitrogens is 2. The number of hydrogen-bond acceptors (Lipinski definition) is 4. The first kappa shape index (κ1) is 14.4. The third-order valence-corrected chi connectivity index (χ3v) is 2.90. The number of hydrogen-bond donors (Lipinski definition) is 2. The van der Waals surface area contributed by atoms with E-state index < -0.39 is 11.7 Å². The summed E-state index contributed by atoms with van der Waals surface area (Å²) in [6.45, 7) is 0.139. The van der Waals surface area contributed by atoms with Crippen LogP contribution in [0.1, 0.15) is 11.1 Å². The van der Waals surface area contributed by atoms with Gasteiger partial charge < -0.3 is 11.1 Å². The van der Waals surface area contributed by atoms with Crippen molar-refractivity contribution in [1.82, 2.24) is 9.97 Å². The molecule has 0 unspecified atom stereocenters. The molecule has 1 aromatic heterocycles. The summed E-state index contributed by atoms with van der Waals surface area (Å²) in [5.74, 6) is 0.379. The molecule has 0 bridgehead atoms. The van der Waals surface area contributed by atoms with E-state index in [0.717, 1.165) is 12.1 Å². The van der Waals surface area contributed by atoms with Crippen LogP contribution in [0.5, 0.6) is 0 Å². The molecule has 2 rings (SSSR count). The highest BCUT2D eigenvalue weighted by atomic mass is 35.5. The SMILES string of the molecule is Nc1ncnc(NCc2cccc(C(F)(F)F)c2)c1Cl. The zero-order valence-electron chi connectivity index (χ0n) is 10.1. The minimum absolute atomic E-state index is 0.105. The van der Waals surface area contributed by atoms with Gasteiger partial charge in [0.15, 0.2) is 5.82 Å². The number of benzene rings is 1. The molecule has 3 N–H and O–H groups in total. The number of halogens is 4. The Morgan fingerprint density at radius 3 is 2.70 bits per heavy atom. The highest BCUT2D eigenvalue weighted by molar-refractivity contribution is 6.35. The Morgan fingerprint density at radius 1 is 1.25 bits per heavy atom. The second kappa shape index (κ2) is 5.54. The molecule has 0 aliphatic heterocycles. The summed E-state index contributed by atoms with van der Waals surface area (Å²) in [7, 11) is 0. The fourth-order valence-corrected chi connectivity index (χ4v) is 1.71. The maximum Gasteiger partial charge on any atom is 0.416 e. The van der Waals surface area contributed by atoms with Crippen LogP contribution in [0.3, 0.4) is 0 Å². The molecule has 0 spiro atoms. The molecule has 2 aromatic rings. The van der Waals surface area contributed by atoms with Gasteiger partial charge in [-0.3, -0.25) is 0 Å². The monoisotopic (exact) mass is 302 g/mol.